The van der Waals surface area contributed by atoms with Gasteiger partial charge in [0.15, 0.2) is 0 Å². The fourth-order valence-electron chi connectivity index (χ4n) is 1.05. The van der Waals surface area contributed by atoms with Crippen LogP contribution < -0.4 is 0 Å². The summed E-state index contributed by atoms with van der Waals surface area (Å²) in [4.78, 5) is 0. The van der Waals surface area contributed by atoms with Crippen LogP contribution in [-0.2, 0) is 0 Å². The Morgan fingerprint density at radius 2 is 1.79 bits per heavy atom. The van der Waals surface area contributed by atoms with Gasteiger partial charge in [0.1, 0.15) is 0 Å². The zero-order valence-electron chi connectivity index (χ0n) is 8.92. The number of nitrogens with zero attached hydrogens (tertiary/aromatic N) is 1. The standard InChI is InChI=1S/C10H10BrN.C2H6/c1-8(6-7-12)9-2-4-10(11)5-3-9;1-2/h2-5,8H,6H2,1H3;1-2H3. The summed E-state index contributed by atoms with van der Waals surface area (Å²) >= 11 is 3.37. The second-order valence-electron chi connectivity index (χ2n) is 2.81. The molecule has 0 saturated heterocycles. The van der Waals surface area contributed by atoms with Crippen molar-refractivity contribution in [2.45, 2.75) is 33.1 Å². The average Bonchev–Trinajstić information content (AvgIpc) is 2.22. The molecule has 0 N–H and O–H groups in total. The van der Waals surface area contributed by atoms with Crippen molar-refractivity contribution in [2.24, 2.45) is 0 Å². The summed E-state index contributed by atoms with van der Waals surface area (Å²) in [6.07, 6.45) is 0.585. The molecule has 1 aromatic rings. The molecular formula is C12H16BrN. The van der Waals surface area contributed by atoms with Crippen LogP contribution in [0.2, 0.25) is 0 Å². The Morgan fingerprint density at radius 1 is 1.29 bits per heavy atom. The Bertz CT molecular complexity index is 284. The second kappa shape index (κ2) is 7.58. The molecule has 1 aromatic carbocycles. The summed E-state index contributed by atoms with van der Waals surface area (Å²) in [6, 6.07) is 10.3. The molecule has 0 aliphatic carbocycles. The van der Waals surface area contributed by atoms with Crippen molar-refractivity contribution in [3.8, 4) is 6.07 Å². The van der Waals surface area contributed by atoms with Crippen molar-refractivity contribution in [1.82, 2.24) is 0 Å². The van der Waals surface area contributed by atoms with Gasteiger partial charge in [0, 0.05) is 10.9 Å². The molecular weight excluding hydrogens is 238 g/mol. The molecule has 0 aliphatic rings. The van der Waals surface area contributed by atoms with E-state index < -0.39 is 0 Å². The summed E-state index contributed by atoms with van der Waals surface area (Å²) in [7, 11) is 0. The van der Waals surface area contributed by atoms with E-state index in [9.17, 15) is 0 Å². The first-order chi connectivity index (χ1) is 6.74. The molecule has 2 heteroatoms. The van der Waals surface area contributed by atoms with E-state index in [0.717, 1.165) is 4.47 Å². The lowest BCUT2D eigenvalue weighted by molar-refractivity contribution is 0.789. The molecule has 76 valence electrons. The molecule has 0 radical (unpaired) electrons. The van der Waals surface area contributed by atoms with E-state index >= 15 is 0 Å². The topological polar surface area (TPSA) is 23.8 Å². The van der Waals surface area contributed by atoms with Gasteiger partial charge in [-0.05, 0) is 23.6 Å². The highest BCUT2D eigenvalue weighted by molar-refractivity contribution is 9.10. The first-order valence-electron chi connectivity index (χ1n) is 4.86. The summed E-state index contributed by atoms with van der Waals surface area (Å²) in [5.74, 6) is 0.336. The fourth-order valence-corrected chi connectivity index (χ4v) is 1.31. The number of hydrogen-bond acceptors (Lipinski definition) is 1. The molecule has 0 aliphatic heterocycles. The zero-order valence-corrected chi connectivity index (χ0v) is 10.5. The van der Waals surface area contributed by atoms with Crippen molar-refractivity contribution in [3.05, 3.63) is 34.3 Å². The Kier molecular flexibility index (Phi) is 7.14. The Hall–Kier alpha value is -0.810. The molecule has 1 nitrogen and oxygen atoms in total. The van der Waals surface area contributed by atoms with Gasteiger partial charge in [0.25, 0.3) is 0 Å². The van der Waals surface area contributed by atoms with E-state index in [-0.39, 0.29) is 0 Å². The predicted octanol–water partition coefficient (Wildman–Crippen LogP) is 4.49. The average molecular weight is 254 g/mol. The summed E-state index contributed by atoms with van der Waals surface area (Å²) in [5.41, 5.74) is 1.22. The third-order valence-electron chi connectivity index (χ3n) is 1.84. The van der Waals surface area contributed by atoms with E-state index in [0.29, 0.717) is 12.3 Å². The van der Waals surface area contributed by atoms with Crippen LogP contribution in [0.4, 0.5) is 0 Å². The van der Waals surface area contributed by atoms with Gasteiger partial charge < -0.3 is 0 Å². The lowest BCUT2D eigenvalue weighted by Gasteiger charge is -2.06. The van der Waals surface area contributed by atoms with E-state index in [4.69, 9.17) is 5.26 Å². The van der Waals surface area contributed by atoms with E-state index in [1.165, 1.54) is 5.56 Å². The number of benzene rings is 1. The molecule has 0 heterocycles. The molecule has 0 amide bonds. The maximum Gasteiger partial charge on any atom is 0.0628 e. The number of rotatable bonds is 2. The Balaban J connectivity index is 0.000000791. The monoisotopic (exact) mass is 253 g/mol. The van der Waals surface area contributed by atoms with Gasteiger partial charge >= 0.3 is 0 Å². The fraction of sp³-hybridized carbons (Fsp3) is 0.417. The maximum atomic E-state index is 8.49. The lowest BCUT2D eigenvalue weighted by atomic mass is 9.99. The molecule has 1 unspecified atom stereocenters. The molecule has 0 saturated carbocycles. The van der Waals surface area contributed by atoms with Gasteiger partial charge in [-0.1, -0.05) is 48.8 Å². The van der Waals surface area contributed by atoms with Crippen LogP contribution in [0.15, 0.2) is 28.7 Å². The van der Waals surface area contributed by atoms with E-state index in [1.54, 1.807) is 0 Å². The second-order valence-corrected chi connectivity index (χ2v) is 3.73. The molecule has 1 rings (SSSR count). The zero-order chi connectivity index (χ0) is 11.0. The minimum atomic E-state index is 0.336. The summed E-state index contributed by atoms with van der Waals surface area (Å²) in [5, 5.41) is 8.49. The Morgan fingerprint density at radius 3 is 2.21 bits per heavy atom. The van der Waals surface area contributed by atoms with Gasteiger partial charge in [-0.25, -0.2) is 0 Å². The van der Waals surface area contributed by atoms with Crippen LogP contribution in [0.5, 0.6) is 0 Å². The first kappa shape index (κ1) is 13.2. The van der Waals surface area contributed by atoms with Crippen LogP contribution in [0.25, 0.3) is 0 Å². The van der Waals surface area contributed by atoms with E-state index in [2.05, 4.69) is 28.9 Å². The van der Waals surface area contributed by atoms with Gasteiger partial charge in [-0.3, -0.25) is 0 Å². The smallest absolute Gasteiger partial charge is 0.0628 e. The van der Waals surface area contributed by atoms with Crippen LogP contribution in [0, 0.1) is 11.3 Å². The van der Waals surface area contributed by atoms with Crippen molar-refractivity contribution < 1.29 is 0 Å². The Labute approximate surface area is 94.9 Å². The highest BCUT2D eigenvalue weighted by Crippen LogP contribution is 2.20. The minimum Gasteiger partial charge on any atom is -0.198 e. The van der Waals surface area contributed by atoms with Gasteiger partial charge in [0.05, 0.1) is 6.07 Å². The highest BCUT2D eigenvalue weighted by atomic mass is 79.9. The van der Waals surface area contributed by atoms with E-state index in [1.807, 2.05) is 38.1 Å². The third kappa shape index (κ3) is 4.43. The molecule has 0 bridgehead atoms. The van der Waals surface area contributed by atoms with Gasteiger partial charge in [-0.2, -0.15) is 5.26 Å². The van der Waals surface area contributed by atoms with Gasteiger partial charge in [-0.15, -0.1) is 0 Å². The van der Waals surface area contributed by atoms with Crippen LogP contribution in [0.1, 0.15) is 38.7 Å². The minimum absolute atomic E-state index is 0.336. The first-order valence-corrected chi connectivity index (χ1v) is 5.65. The largest absolute Gasteiger partial charge is 0.198 e. The van der Waals surface area contributed by atoms with Crippen molar-refractivity contribution >= 4 is 15.9 Å². The van der Waals surface area contributed by atoms with Crippen LogP contribution in [0.3, 0.4) is 0 Å². The SMILES string of the molecule is CC.CC(CC#N)c1ccc(Br)cc1. The van der Waals surface area contributed by atoms with Crippen molar-refractivity contribution in [2.75, 3.05) is 0 Å². The highest BCUT2D eigenvalue weighted by Gasteiger charge is 2.03. The number of halogens is 1. The number of nitriles is 1. The predicted molar refractivity (Wildman–Crippen MR) is 64.1 cm³/mol. The van der Waals surface area contributed by atoms with Crippen LogP contribution in [-0.4, -0.2) is 0 Å². The molecule has 0 fully saturated rings. The van der Waals surface area contributed by atoms with Gasteiger partial charge in [0.2, 0.25) is 0 Å². The normalized spacial score (nSPS) is 10.8. The lowest BCUT2D eigenvalue weighted by Crippen LogP contribution is -1.90. The maximum absolute atomic E-state index is 8.49. The molecule has 0 spiro atoms. The van der Waals surface area contributed by atoms with Crippen molar-refractivity contribution in [1.29, 1.82) is 5.26 Å². The molecule has 14 heavy (non-hydrogen) atoms. The summed E-state index contributed by atoms with van der Waals surface area (Å²) < 4.78 is 1.08. The quantitative estimate of drug-likeness (QED) is 0.762. The number of hydrogen-bond donors (Lipinski definition) is 0. The van der Waals surface area contributed by atoms with Crippen LogP contribution >= 0.6 is 15.9 Å². The summed E-state index contributed by atoms with van der Waals surface area (Å²) in [6.45, 7) is 6.06. The van der Waals surface area contributed by atoms with Crippen molar-refractivity contribution in [3.63, 3.8) is 0 Å². The third-order valence-corrected chi connectivity index (χ3v) is 2.37. The molecule has 1 atom stereocenters. The molecule has 0 aromatic heterocycles.